The lowest BCUT2D eigenvalue weighted by Gasteiger charge is -2.18. The molecule has 1 amide bonds. The molecular weight excluding hydrogens is 307 g/mol. The van der Waals surface area contributed by atoms with Crippen LogP contribution in [-0.4, -0.2) is 17.6 Å². The van der Waals surface area contributed by atoms with Gasteiger partial charge < -0.3 is 10.4 Å². The minimum atomic E-state index is -4.43. The number of halogens is 3. The third-order valence-corrected chi connectivity index (χ3v) is 3.40. The summed E-state index contributed by atoms with van der Waals surface area (Å²) in [7, 11) is 0. The van der Waals surface area contributed by atoms with Crippen LogP contribution in [0, 0.1) is 0 Å². The summed E-state index contributed by atoms with van der Waals surface area (Å²) in [5, 5.41) is 11.9. The molecule has 0 aliphatic heterocycles. The van der Waals surface area contributed by atoms with Crippen LogP contribution in [0.2, 0.25) is 0 Å². The molecule has 0 saturated heterocycles. The highest BCUT2D eigenvalue weighted by Crippen LogP contribution is 2.29. The summed E-state index contributed by atoms with van der Waals surface area (Å²) in [6.45, 7) is -0.118. The predicted octanol–water partition coefficient (Wildman–Crippen LogP) is 3.56. The molecule has 1 atom stereocenters. The van der Waals surface area contributed by atoms with Crippen LogP contribution in [-0.2, 0) is 6.18 Å². The van der Waals surface area contributed by atoms with Crippen molar-refractivity contribution in [2.24, 2.45) is 0 Å². The van der Waals surface area contributed by atoms with Crippen molar-refractivity contribution in [1.29, 1.82) is 0 Å². The SMILES string of the molecule is O=C(NC(CCO)c1ccccc1)c1ccc(C(F)(F)F)cc1. The van der Waals surface area contributed by atoms with Crippen molar-refractivity contribution in [3.05, 3.63) is 71.3 Å². The van der Waals surface area contributed by atoms with E-state index in [1.165, 1.54) is 0 Å². The Labute approximate surface area is 131 Å². The number of nitrogens with one attached hydrogen (secondary N) is 1. The second kappa shape index (κ2) is 7.28. The standard InChI is InChI=1S/C17H16F3NO2/c18-17(19,20)14-8-6-13(7-9-14)16(23)21-15(10-11-22)12-4-2-1-3-5-12/h1-9,15,22H,10-11H2,(H,21,23). The molecule has 0 aliphatic rings. The Morgan fingerprint density at radius 1 is 1.04 bits per heavy atom. The number of alkyl halides is 3. The van der Waals surface area contributed by atoms with E-state index in [4.69, 9.17) is 5.11 Å². The largest absolute Gasteiger partial charge is 0.416 e. The van der Waals surface area contributed by atoms with Gasteiger partial charge >= 0.3 is 6.18 Å². The second-order valence-corrected chi connectivity index (χ2v) is 5.02. The molecule has 2 N–H and O–H groups in total. The number of amides is 1. The van der Waals surface area contributed by atoms with E-state index in [-0.39, 0.29) is 12.2 Å². The summed E-state index contributed by atoms with van der Waals surface area (Å²) in [5.41, 5.74) is 0.155. The number of hydrogen-bond acceptors (Lipinski definition) is 2. The van der Waals surface area contributed by atoms with Gasteiger partial charge in [0.25, 0.3) is 5.91 Å². The van der Waals surface area contributed by atoms with Gasteiger partial charge in [-0.25, -0.2) is 0 Å². The molecule has 2 aromatic carbocycles. The van der Waals surface area contributed by atoms with Gasteiger partial charge in [-0.3, -0.25) is 4.79 Å². The van der Waals surface area contributed by atoms with E-state index in [2.05, 4.69) is 5.32 Å². The molecule has 0 fully saturated rings. The zero-order chi connectivity index (χ0) is 16.9. The number of rotatable bonds is 5. The number of hydrogen-bond donors (Lipinski definition) is 2. The van der Waals surface area contributed by atoms with Crippen LogP contribution in [0.25, 0.3) is 0 Å². The van der Waals surface area contributed by atoms with Gasteiger partial charge in [-0.15, -0.1) is 0 Å². The van der Waals surface area contributed by atoms with Crippen LogP contribution < -0.4 is 5.32 Å². The molecule has 1 unspecified atom stereocenters. The summed E-state index contributed by atoms with van der Waals surface area (Å²) in [5.74, 6) is -0.485. The molecule has 2 aromatic rings. The summed E-state index contributed by atoms with van der Waals surface area (Å²) in [6, 6.07) is 12.7. The Morgan fingerprint density at radius 2 is 1.65 bits per heavy atom. The van der Waals surface area contributed by atoms with Crippen LogP contribution in [0.5, 0.6) is 0 Å². The maximum atomic E-state index is 12.5. The zero-order valence-corrected chi connectivity index (χ0v) is 12.2. The molecule has 0 bridgehead atoms. The third-order valence-electron chi connectivity index (χ3n) is 3.40. The average molecular weight is 323 g/mol. The summed E-state index contributed by atoms with van der Waals surface area (Å²) >= 11 is 0. The van der Waals surface area contributed by atoms with Crippen molar-refractivity contribution >= 4 is 5.91 Å². The predicted molar refractivity (Wildman–Crippen MR) is 79.8 cm³/mol. The van der Waals surface area contributed by atoms with Gasteiger partial charge in [0, 0.05) is 12.2 Å². The van der Waals surface area contributed by atoms with Crippen LogP contribution in [0.3, 0.4) is 0 Å². The molecule has 6 heteroatoms. The first kappa shape index (κ1) is 17.0. The molecule has 0 radical (unpaired) electrons. The van der Waals surface area contributed by atoms with Crippen molar-refractivity contribution in [2.75, 3.05) is 6.61 Å². The highest BCUT2D eigenvalue weighted by atomic mass is 19.4. The fourth-order valence-electron chi connectivity index (χ4n) is 2.19. The molecule has 23 heavy (non-hydrogen) atoms. The van der Waals surface area contributed by atoms with E-state index < -0.39 is 23.7 Å². The Morgan fingerprint density at radius 3 is 2.17 bits per heavy atom. The molecule has 0 aromatic heterocycles. The molecule has 2 rings (SSSR count). The van der Waals surface area contributed by atoms with Crippen LogP contribution in [0.1, 0.15) is 33.9 Å². The maximum absolute atomic E-state index is 12.5. The number of aliphatic hydroxyl groups excluding tert-OH is 1. The summed E-state index contributed by atoms with van der Waals surface area (Å²) in [4.78, 5) is 12.2. The Balaban J connectivity index is 2.13. The van der Waals surface area contributed by atoms with Gasteiger partial charge in [-0.05, 0) is 36.2 Å². The topological polar surface area (TPSA) is 49.3 Å². The van der Waals surface area contributed by atoms with E-state index in [1.54, 1.807) is 0 Å². The van der Waals surface area contributed by atoms with E-state index >= 15 is 0 Å². The van der Waals surface area contributed by atoms with E-state index in [1.807, 2.05) is 30.3 Å². The fourth-order valence-corrected chi connectivity index (χ4v) is 2.19. The first-order valence-electron chi connectivity index (χ1n) is 7.05. The van der Waals surface area contributed by atoms with Gasteiger partial charge in [0.15, 0.2) is 0 Å². The summed E-state index contributed by atoms with van der Waals surface area (Å²) in [6.07, 6.45) is -4.12. The number of carbonyl (C=O) groups is 1. The Kier molecular flexibility index (Phi) is 5.39. The molecule has 122 valence electrons. The molecule has 0 heterocycles. The lowest BCUT2D eigenvalue weighted by atomic mass is 10.0. The normalized spacial score (nSPS) is 12.7. The number of aliphatic hydroxyl groups is 1. The highest BCUT2D eigenvalue weighted by molar-refractivity contribution is 5.94. The van der Waals surface area contributed by atoms with E-state index in [9.17, 15) is 18.0 Å². The second-order valence-electron chi connectivity index (χ2n) is 5.02. The van der Waals surface area contributed by atoms with Crippen LogP contribution >= 0.6 is 0 Å². The Bertz CT molecular complexity index is 639. The lowest BCUT2D eigenvalue weighted by Crippen LogP contribution is -2.29. The first-order valence-corrected chi connectivity index (χ1v) is 7.05. The van der Waals surface area contributed by atoms with Gasteiger partial charge in [0.05, 0.1) is 11.6 Å². The van der Waals surface area contributed by atoms with Crippen molar-refractivity contribution in [3.63, 3.8) is 0 Å². The zero-order valence-electron chi connectivity index (χ0n) is 12.2. The minimum Gasteiger partial charge on any atom is -0.396 e. The van der Waals surface area contributed by atoms with Gasteiger partial charge in [0.1, 0.15) is 0 Å². The molecule has 3 nitrogen and oxygen atoms in total. The molecule has 0 spiro atoms. The smallest absolute Gasteiger partial charge is 0.396 e. The van der Waals surface area contributed by atoms with Gasteiger partial charge in [-0.2, -0.15) is 13.2 Å². The van der Waals surface area contributed by atoms with Crippen molar-refractivity contribution in [3.8, 4) is 0 Å². The number of benzene rings is 2. The van der Waals surface area contributed by atoms with Crippen LogP contribution in [0.4, 0.5) is 13.2 Å². The highest BCUT2D eigenvalue weighted by Gasteiger charge is 2.30. The quantitative estimate of drug-likeness (QED) is 0.884. The van der Waals surface area contributed by atoms with Crippen molar-refractivity contribution in [2.45, 2.75) is 18.6 Å². The molecule has 0 saturated carbocycles. The summed E-state index contributed by atoms with van der Waals surface area (Å²) < 4.78 is 37.6. The molecule has 0 aliphatic carbocycles. The maximum Gasteiger partial charge on any atom is 0.416 e. The molecular formula is C17H16F3NO2. The van der Waals surface area contributed by atoms with E-state index in [0.717, 1.165) is 29.8 Å². The third kappa shape index (κ3) is 4.56. The monoisotopic (exact) mass is 323 g/mol. The van der Waals surface area contributed by atoms with Crippen molar-refractivity contribution in [1.82, 2.24) is 5.32 Å². The lowest BCUT2D eigenvalue weighted by molar-refractivity contribution is -0.137. The average Bonchev–Trinajstić information content (AvgIpc) is 2.54. The van der Waals surface area contributed by atoms with Crippen molar-refractivity contribution < 1.29 is 23.1 Å². The van der Waals surface area contributed by atoms with Crippen LogP contribution in [0.15, 0.2) is 54.6 Å². The Hall–Kier alpha value is -2.34. The minimum absolute atomic E-state index is 0.118. The number of carbonyl (C=O) groups excluding carboxylic acids is 1. The fraction of sp³-hybridized carbons (Fsp3) is 0.235. The van der Waals surface area contributed by atoms with E-state index in [0.29, 0.717) is 6.42 Å². The van der Waals surface area contributed by atoms with Gasteiger partial charge in [-0.1, -0.05) is 30.3 Å². The first-order chi connectivity index (χ1) is 10.9. The van der Waals surface area contributed by atoms with Gasteiger partial charge in [0.2, 0.25) is 0 Å².